The summed E-state index contributed by atoms with van der Waals surface area (Å²) < 4.78 is 0. The van der Waals surface area contributed by atoms with E-state index in [2.05, 4.69) is 50.5 Å². The third kappa shape index (κ3) is 5.68. The maximum atomic E-state index is 14.5. The van der Waals surface area contributed by atoms with Crippen molar-refractivity contribution in [2.24, 2.45) is 34.5 Å². The number of aromatic hydroxyl groups is 1. The van der Waals surface area contributed by atoms with Crippen LogP contribution in [0, 0.1) is 34.5 Å². The molecule has 0 unspecified atom stereocenters. The van der Waals surface area contributed by atoms with Crippen LogP contribution in [0.3, 0.4) is 0 Å². The van der Waals surface area contributed by atoms with E-state index in [-0.39, 0.29) is 52.7 Å². The monoisotopic (exact) mass is 656 g/mol. The van der Waals surface area contributed by atoms with Crippen LogP contribution in [0.15, 0.2) is 36.4 Å². The zero-order chi connectivity index (χ0) is 34.6. The summed E-state index contributed by atoms with van der Waals surface area (Å²) in [4.78, 5) is 41.9. The molecule has 2 fully saturated rings. The molecule has 48 heavy (non-hydrogen) atoms. The molecule has 4 aliphatic rings. The number of phenols is 1. The van der Waals surface area contributed by atoms with Crippen LogP contribution in [-0.2, 0) is 38.1 Å². The molecule has 0 heterocycles. The zero-order valence-corrected chi connectivity index (χ0v) is 29.9. The van der Waals surface area contributed by atoms with Gasteiger partial charge in [-0.15, -0.1) is 0 Å². The van der Waals surface area contributed by atoms with Crippen LogP contribution in [0.5, 0.6) is 5.75 Å². The van der Waals surface area contributed by atoms with Crippen molar-refractivity contribution in [1.29, 1.82) is 0 Å². The fourth-order valence-corrected chi connectivity index (χ4v) is 11.0. The second-order valence-corrected chi connectivity index (χ2v) is 17.1. The minimum Gasteiger partial charge on any atom is -0.508 e. The minimum absolute atomic E-state index is 0.0464. The molecule has 0 radical (unpaired) electrons. The number of hydrogen-bond acceptors (Lipinski definition) is 5. The van der Waals surface area contributed by atoms with E-state index in [1.165, 1.54) is 16.7 Å². The van der Waals surface area contributed by atoms with Crippen LogP contribution in [-0.4, -0.2) is 34.5 Å². The Morgan fingerprint density at radius 2 is 1.31 bits per heavy atom. The number of aryl methyl sites for hydroxylation is 2. The highest BCUT2D eigenvalue weighted by Gasteiger charge is 2.58. The molecule has 0 spiro atoms. The molecule has 7 nitrogen and oxygen atoms in total. The Bertz CT molecular complexity index is 1600. The van der Waals surface area contributed by atoms with Crippen LogP contribution >= 0.6 is 0 Å². The van der Waals surface area contributed by atoms with Gasteiger partial charge in [0.15, 0.2) is 0 Å². The van der Waals surface area contributed by atoms with Gasteiger partial charge in [-0.1, -0.05) is 66.5 Å². The summed E-state index contributed by atoms with van der Waals surface area (Å²) in [6, 6.07) is 11.9. The lowest BCUT2D eigenvalue weighted by molar-refractivity contribution is -0.150. The summed E-state index contributed by atoms with van der Waals surface area (Å²) in [6.45, 7) is 12.6. The molecule has 2 saturated carbocycles. The highest BCUT2D eigenvalue weighted by Crippen LogP contribution is 2.59. The molecule has 6 rings (SSSR count). The van der Waals surface area contributed by atoms with Crippen molar-refractivity contribution in [3.05, 3.63) is 58.7 Å². The molecule has 3 amide bonds. The van der Waals surface area contributed by atoms with E-state index >= 15 is 0 Å². The number of aliphatic hydroxyl groups excluding tert-OH is 1. The smallest absolute Gasteiger partial charge is 0.232 e. The largest absolute Gasteiger partial charge is 0.508 e. The molecule has 7 atom stereocenters. The molecule has 0 aromatic heterocycles. The number of benzene rings is 2. The number of rotatable bonds is 7. The molecule has 0 saturated heterocycles. The third-order valence-electron chi connectivity index (χ3n) is 13.6. The molecule has 0 aliphatic heterocycles. The lowest BCUT2D eigenvalue weighted by Crippen LogP contribution is -2.60. The fourth-order valence-electron chi connectivity index (χ4n) is 11.0. The van der Waals surface area contributed by atoms with E-state index < -0.39 is 16.7 Å². The van der Waals surface area contributed by atoms with Gasteiger partial charge in [-0.05, 0) is 133 Å². The van der Waals surface area contributed by atoms with Gasteiger partial charge in [0.25, 0.3) is 0 Å². The Morgan fingerprint density at radius 1 is 0.792 bits per heavy atom. The Morgan fingerprint density at radius 3 is 1.83 bits per heavy atom. The summed E-state index contributed by atoms with van der Waals surface area (Å²) in [5, 5.41) is 26.3. The number of fused-ring (bicyclic) bond motifs is 6. The van der Waals surface area contributed by atoms with Crippen molar-refractivity contribution in [3.63, 3.8) is 0 Å². The van der Waals surface area contributed by atoms with Gasteiger partial charge in [-0.25, -0.2) is 0 Å². The zero-order valence-electron chi connectivity index (χ0n) is 29.9. The van der Waals surface area contributed by atoms with Crippen molar-refractivity contribution in [2.75, 3.05) is 11.9 Å². The first-order valence-electron chi connectivity index (χ1n) is 18.4. The van der Waals surface area contributed by atoms with Gasteiger partial charge < -0.3 is 15.5 Å². The van der Waals surface area contributed by atoms with Gasteiger partial charge in [0.2, 0.25) is 17.7 Å². The lowest BCUT2D eigenvalue weighted by Gasteiger charge is -2.56. The van der Waals surface area contributed by atoms with Gasteiger partial charge in [-0.2, -0.15) is 0 Å². The summed E-state index contributed by atoms with van der Waals surface area (Å²) >= 11 is 0. The standard InChI is InChI=1S/C41H56N2O5/c1-25(2)21-28(24-44)35(46)42-29-13-9-26-11-15-33-38(3,31(26)22-29)17-7-19-40(33,5)36(47)43-37(48)41(6)20-8-18-39(4)32-23-30(45)14-10-27(32)12-16-34(39)41/h9-10,13-14,22-23,25,28,33-34,44-45H,7-8,11-12,15-21,24H2,1-6H3,(H,42,46)(H,43,47,48)/t28-,33+,34+,38+,39+,40-,41-/m0/s1. The average molecular weight is 657 g/mol. The van der Waals surface area contributed by atoms with E-state index in [1.807, 2.05) is 32.0 Å². The number of imide groups is 1. The van der Waals surface area contributed by atoms with Crippen molar-refractivity contribution < 1.29 is 24.6 Å². The first kappa shape index (κ1) is 34.7. The second kappa shape index (κ2) is 12.6. The number of amides is 3. The SMILES string of the molecule is CC(C)C[C@@H](CO)C(=O)Nc1ccc2c(c1)[C@@]1(C)CCC[C@](C)(C(=O)NC(=O)[C@@]3(C)CCC[C@]4(C)c5cc(O)ccc5CC[C@@H]34)[C@@H]1CC2. The number of carbonyl (C=O) groups excluding carboxylic acids is 3. The molecule has 260 valence electrons. The van der Waals surface area contributed by atoms with E-state index in [0.29, 0.717) is 12.3 Å². The van der Waals surface area contributed by atoms with Crippen molar-refractivity contribution >= 4 is 23.4 Å². The number of carbonyl (C=O) groups is 3. The Balaban J connectivity index is 1.23. The molecule has 2 aromatic rings. The quantitative estimate of drug-likeness (QED) is 0.233. The normalized spacial score (nSPS) is 33.0. The lowest BCUT2D eigenvalue weighted by atomic mass is 9.49. The molecular formula is C41H56N2O5. The van der Waals surface area contributed by atoms with E-state index in [4.69, 9.17) is 0 Å². The van der Waals surface area contributed by atoms with Gasteiger partial charge in [0.1, 0.15) is 5.75 Å². The second-order valence-electron chi connectivity index (χ2n) is 17.1. The molecule has 4 aliphatic carbocycles. The summed E-state index contributed by atoms with van der Waals surface area (Å²) in [6.07, 6.45) is 9.23. The molecular weight excluding hydrogens is 600 g/mol. The van der Waals surface area contributed by atoms with E-state index in [1.54, 1.807) is 6.07 Å². The van der Waals surface area contributed by atoms with Crippen LogP contribution in [0.1, 0.15) is 122 Å². The van der Waals surface area contributed by atoms with E-state index in [9.17, 15) is 24.6 Å². The van der Waals surface area contributed by atoms with Crippen LogP contribution in [0.2, 0.25) is 0 Å². The first-order valence-corrected chi connectivity index (χ1v) is 18.4. The summed E-state index contributed by atoms with van der Waals surface area (Å²) in [5.74, 6) is -0.243. The first-order chi connectivity index (χ1) is 22.7. The predicted octanol–water partition coefficient (Wildman–Crippen LogP) is 7.35. The Kier molecular flexibility index (Phi) is 9.10. The van der Waals surface area contributed by atoms with Crippen molar-refractivity contribution in [3.8, 4) is 5.75 Å². The molecule has 4 N–H and O–H groups in total. The Labute approximate surface area is 286 Å². The number of anilines is 1. The van der Waals surface area contributed by atoms with Crippen LogP contribution in [0.25, 0.3) is 0 Å². The van der Waals surface area contributed by atoms with Gasteiger partial charge in [-0.3, -0.25) is 19.7 Å². The third-order valence-corrected chi connectivity index (χ3v) is 13.6. The number of aliphatic hydroxyl groups is 1. The van der Waals surface area contributed by atoms with Gasteiger partial charge in [0, 0.05) is 5.69 Å². The molecule has 0 bridgehead atoms. The van der Waals surface area contributed by atoms with Crippen molar-refractivity contribution in [2.45, 2.75) is 123 Å². The van der Waals surface area contributed by atoms with Crippen LogP contribution < -0.4 is 10.6 Å². The average Bonchev–Trinajstić information content (AvgIpc) is 3.03. The highest BCUT2D eigenvalue weighted by molar-refractivity contribution is 6.01. The highest BCUT2D eigenvalue weighted by atomic mass is 16.3. The van der Waals surface area contributed by atoms with Crippen molar-refractivity contribution in [1.82, 2.24) is 5.32 Å². The predicted molar refractivity (Wildman–Crippen MR) is 189 cm³/mol. The fraction of sp³-hybridized carbons (Fsp3) is 0.634. The molecule has 2 aromatic carbocycles. The van der Waals surface area contributed by atoms with Gasteiger partial charge in [0.05, 0.1) is 23.4 Å². The summed E-state index contributed by atoms with van der Waals surface area (Å²) in [5.41, 5.74) is 3.67. The van der Waals surface area contributed by atoms with Gasteiger partial charge >= 0.3 is 0 Å². The number of phenolic OH excluding ortho intramolecular Hbond substituents is 1. The maximum Gasteiger partial charge on any atom is 0.232 e. The topological polar surface area (TPSA) is 116 Å². The van der Waals surface area contributed by atoms with Crippen LogP contribution in [0.4, 0.5) is 5.69 Å². The Hall–Kier alpha value is -3.19. The minimum atomic E-state index is -0.710. The molecule has 7 heteroatoms. The number of hydrogen-bond donors (Lipinski definition) is 4. The maximum absolute atomic E-state index is 14.5. The van der Waals surface area contributed by atoms with E-state index in [0.717, 1.165) is 75.5 Å². The number of nitrogens with one attached hydrogen (secondary N) is 2. The summed E-state index contributed by atoms with van der Waals surface area (Å²) in [7, 11) is 0.